The molecule has 0 bridgehead atoms. The third kappa shape index (κ3) is 4.39. The van der Waals surface area contributed by atoms with Crippen molar-refractivity contribution < 1.29 is 0 Å². The number of para-hydroxylation sites is 1. The highest BCUT2D eigenvalue weighted by Gasteiger charge is 2.22. The molecule has 2 aliphatic rings. The Hall–Kier alpha value is -2.31. The van der Waals surface area contributed by atoms with E-state index < -0.39 is 0 Å². The fraction of sp³-hybridized carbons (Fsp3) is 0.500. The van der Waals surface area contributed by atoms with Crippen molar-refractivity contribution in [2.45, 2.75) is 26.2 Å². The fourth-order valence-electron chi connectivity index (χ4n) is 4.08. The number of hydrogen-bond donors (Lipinski definition) is 1. The third-order valence-corrected chi connectivity index (χ3v) is 5.88. The van der Waals surface area contributed by atoms with Gasteiger partial charge in [0.2, 0.25) is 5.95 Å². The van der Waals surface area contributed by atoms with E-state index in [0.29, 0.717) is 12.5 Å². The van der Waals surface area contributed by atoms with Crippen LogP contribution in [0.15, 0.2) is 41.7 Å². The molecule has 6 nitrogen and oxygen atoms in total. The second-order valence-electron chi connectivity index (χ2n) is 7.84. The maximum Gasteiger partial charge on any atom is 0.225 e. The SMILES string of the molecule is Cc1cnc(N2CCN(CCC(CN)C3=Nc4ccccc4CC3)CC2)nc1. The quantitative estimate of drug-likeness (QED) is 0.837. The number of aliphatic imine (C=N–C) groups is 1. The molecular formula is C22H30N6. The van der Waals surface area contributed by atoms with E-state index in [1.807, 2.05) is 19.3 Å². The van der Waals surface area contributed by atoms with Gasteiger partial charge in [0.05, 0.1) is 5.69 Å². The lowest BCUT2D eigenvalue weighted by molar-refractivity contribution is 0.246. The van der Waals surface area contributed by atoms with Crippen LogP contribution in [0, 0.1) is 12.8 Å². The van der Waals surface area contributed by atoms with Gasteiger partial charge in [0.1, 0.15) is 0 Å². The highest BCUT2D eigenvalue weighted by atomic mass is 15.3. The molecule has 0 spiro atoms. The lowest BCUT2D eigenvalue weighted by Gasteiger charge is -2.35. The molecule has 2 aromatic rings. The molecule has 1 aromatic heterocycles. The van der Waals surface area contributed by atoms with Crippen LogP contribution in [-0.4, -0.2) is 59.8 Å². The summed E-state index contributed by atoms with van der Waals surface area (Å²) < 4.78 is 0. The number of aromatic nitrogens is 2. The molecule has 2 N–H and O–H groups in total. The smallest absolute Gasteiger partial charge is 0.225 e. The van der Waals surface area contributed by atoms with Crippen molar-refractivity contribution in [3.8, 4) is 0 Å². The summed E-state index contributed by atoms with van der Waals surface area (Å²) >= 11 is 0. The van der Waals surface area contributed by atoms with Crippen LogP contribution in [0.25, 0.3) is 0 Å². The van der Waals surface area contributed by atoms with E-state index in [2.05, 4.69) is 44.0 Å². The van der Waals surface area contributed by atoms with Crippen molar-refractivity contribution >= 4 is 17.3 Å². The number of anilines is 1. The third-order valence-electron chi connectivity index (χ3n) is 5.88. The largest absolute Gasteiger partial charge is 0.338 e. The van der Waals surface area contributed by atoms with E-state index in [4.69, 9.17) is 10.7 Å². The average molecular weight is 379 g/mol. The molecule has 1 fully saturated rings. The Labute approximate surface area is 167 Å². The Morgan fingerprint density at radius 1 is 1.04 bits per heavy atom. The Balaban J connectivity index is 1.30. The number of fused-ring (bicyclic) bond motifs is 1. The van der Waals surface area contributed by atoms with Crippen LogP contribution in [-0.2, 0) is 6.42 Å². The molecule has 1 aromatic carbocycles. The number of aryl methyl sites for hydroxylation is 2. The van der Waals surface area contributed by atoms with Gasteiger partial charge in [0.15, 0.2) is 0 Å². The number of rotatable bonds is 6. The Bertz CT molecular complexity index is 808. The van der Waals surface area contributed by atoms with Gasteiger partial charge in [0, 0.05) is 56.7 Å². The topological polar surface area (TPSA) is 70.6 Å². The fourth-order valence-corrected chi connectivity index (χ4v) is 4.08. The lowest BCUT2D eigenvalue weighted by atomic mass is 9.91. The summed E-state index contributed by atoms with van der Waals surface area (Å²) in [5.74, 6) is 1.23. The standard InChI is InChI=1S/C22H30N6/c1-17-15-24-22(25-16-17)28-12-10-27(11-13-28)9-8-19(14-23)21-7-6-18-4-2-3-5-20(18)26-21/h2-5,15-16,19H,6-14,23H2,1H3. The molecule has 1 atom stereocenters. The van der Waals surface area contributed by atoms with Crippen molar-refractivity contribution in [2.75, 3.05) is 44.2 Å². The second kappa shape index (κ2) is 8.80. The molecule has 3 heterocycles. The van der Waals surface area contributed by atoms with Crippen molar-refractivity contribution in [1.29, 1.82) is 0 Å². The van der Waals surface area contributed by atoms with Crippen molar-refractivity contribution in [3.05, 3.63) is 47.8 Å². The highest BCUT2D eigenvalue weighted by Crippen LogP contribution is 2.28. The molecule has 4 rings (SSSR count). The van der Waals surface area contributed by atoms with Crippen LogP contribution in [0.1, 0.15) is 24.0 Å². The van der Waals surface area contributed by atoms with E-state index in [-0.39, 0.29) is 0 Å². The molecule has 1 unspecified atom stereocenters. The average Bonchev–Trinajstić information content (AvgIpc) is 2.75. The number of nitrogens with zero attached hydrogens (tertiary/aromatic N) is 5. The number of piperazine rings is 1. The molecule has 0 amide bonds. The van der Waals surface area contributed by atoms with E-state index >= 15 is 0 Å². The molecule has 0 radical (unpaired) electrons. The van der Waals surface area contributed by atoms with Gasteiger partial charge in [-0.1, -0.05) is 18.2 Å². The van der Waals surface area contributed by atoms with Crippen molar-refractivity contribution in [3.63, 3.8) is 0 Å². The minimum Gasteiger partial charge on any atom is -0.338 e. The van der Waals surface area contributed by atoms with E-state index in [9.17, 15) is 0 Å². The van der Waals surface area contributed by atoms with Gasteiger partial charge >= 0.3 is 0 Å². The predicted octanol–water partition coefficient (Wildman–Crippen LogP) is 2.59. The van der Waals surface area contributed by atoms with Crippen LogP contribution in [0.5, 0.6) is 0 Å². The first-order valence-corrected chi connectivity index (χ1v) is 10.3. The number of hydrogen-bond acceptors (Lipinski definition) is 6. The summed E-state index contributed by atoms with van der Waals surface area (Å²) in [4.78, 5) is 18.7. The van der Waals surface area contributed by atoms with Gasteiger partial charge in [-0.15, -0.1) is 0 Å². The highest BCUT2D eigenvalue weighted by molar-refractivity contribution is 5.91. The van der Waals surface area contributed by atoms with Crippen molar-refractivity contribution in [1.82, 2.24) is 14.9 Å². The Kier molecular flexibility index (Phi) is 5.98. The second-order valence-corrected chi connectivity index (χ2v) is 7.84. The van der Waals surface area contributed by atoms with Crippen LogP contribution < -0.4 is 10.6 Å². The summed E-state index contributed by atoms with van der Waals surface area (Å²) in [6.07, 6.45) is 6.99. The molecule has 0 aliphatic carbocycles. The monoisotopic (exact) mass is 378 g/mol. The summed E-state index contributed by atoms with van der Waals surface area (Å²) in [5, 5.41) is 0. The molecule has 28 heavy (non-hydrogen) atoms. The zero-order valence-electron chi connectivity index (χ0n) is 16.7. The maximum absolute atomic E-state index is 6.13. The Morgan fingerprint density at radius 3 is 2.54 bits per heavy atom. The Morgan fingerprint density at radius 2 is 1.79 bits per heavy atom. The first-order chi connectivity index (χ1) is 13.7. The maximum atomic E-state index is 6.13. The predicted molar refractivity (Wildman–Crippen MR) is 114 cm³/mol. The van der Waals surface area contributed by atoms with Gasteiger partial charge in [-0.25, -0.2) is 9.97 Å². The van der Waals surface area contributed by atoms with Gasteiger partial charge in [-0.05, 0) is 49.9 Å². The van der Waals surface area contributed by atoms with Crippen LogP contribution >= 0.6 is 0 Å². The molecule has 1 saturated heterocycles. The van der Waals surface area contributed by atoms with E-state index in [0.717, 1.165) is 69.2 Å². The molecule has 0 saturated carbocycles. The number of benzene rings is 1. The van der Waals surface area contributed by atoms with Crippen LogP contribution in [0.2, 0.25) is 0 Å². The van der Waals surface area contributed by atoms with Gasteiger partial charge in [-0.3, -0.25) is 9.89 Å². The normalized spacial score (nSPS) is 18.5. The number of nitrogens with two attached hydrogens (primary N) is 1. The first kappa shape index (κ1) is 19.0. The molecule has 2 aliphatic heterocycles. The molecule has 6 heteroatoms. The van der Waals surface area contributed by atoms with Crippen molar-refractivity contribution in [2.24, 2.45) is 16.6 Å². The summed E-state index contributed by atoms with van der Waals surface area (Å²) in [6.45, 7) is 7.82. The summed E-state index contributed by atoms with van der Waals surface area (Å²) in [7, 11) is 0. The van der Waals surface area contributed by atoms with Crippen LogP contribution in [0.4, 0.5) is 11.6 Å². The van der Waals surface area contributed by atoms with Gasteiger partial charge in [0.25, 0.3) is 0 Å². The van der Waals surface area contributed by atoms with Gasteiger partial charge in [-0.2, -0.15) is 0 Å². The molecular weight excluding hydrogens is 348 g/mol. The summed E-state index contributed by atoms with van der Waals surface area (Å²) in [6, 6.07) is 8.47. The zero-order chi connectivity index (χ0) is 19.3. The van der Waals surface area contributed by atoms with E-state index in [1.165, 1.54) is 11.3 Å². The van der Waals surface area contributed by atoms with Gasteiger partial charge < -0.3 is 10.6 Å². The van der Waals surface area contributed by atoms with E-state index in [1.54, 1.807) is 0 Å². The van der Waals surface area contributed by atoms with Crippen LogP contribution in [0.3, 0.4) is 0 Å². The summed E-state index contributed by atoms with van der Waals surface area (Å²) in [5.41, 5.74) is 11.0. The lowest BCUT2D eigenvalue weighted by Crippen LogP contribution is -2.47. The first-order valence-electron chi connectivity index (χ1n) is 10.3. The molecule has 148 valence electrons. The zero-order valence-corrected chi connectivity index (χ0v) is 16.7. The minimum atomic E-state index is 0.381. The minimum absolute atomic E-state index is 0.381.